The van der Waals surface area contributed by atoms with Crippen LogP contribution in [-0.2, 0) is 0 Å². The molecule has 0 radical (unpaired) electrons. The zero-order valence-electron chi connectivity index (χ0n) is 36.7. The molecule has 0 saturated carbocycles. The molecule has 8 aromatic rings. The van der Waals surface area contributed by atoms with Crippen LogP contribution in [0.1, 0.15) is 73.3 Å². The molecule has 8 aromatic carbocycles. The molecule has 0 atom stereocenters. The van der Waals surface area contributed by atoms with Crippen molar-refractivity contribution in [3.63, 3.8) is 0 Å². The minimum atomic E-state index is -1.77. The van der Waals surface area contributed by atoms with Crippen LogP contribution < -0.4 is 9.47 Å². The number of aromatic carboxylic acids is 4. The van der Waals surface area contributed by atoms with Crippen molar-refractivity contribution >= 4 is 47.6 Å². The van der Waals surface area contributed by atoms with E-state index in [9.17, 15) is 49.2 Å². The summed E-state index contributed by atoms with van der Waals surface area (Å²) in [6, 6.07) is 50.0. The van der Waals surface area contributed by atoms with E-state index < -0.39 is 57.3 Å². The van der Waals surface area contributed by atoms with E-state index in [2.05, 4.69) is 0 Å². The third kappa shape index (κ3) is 10.5. The molecular formula is C58H38O12. The Bertz CT molecular complexity index is 3130. The number of benzene rings is 8. The first-order valence-electron chi connectivity index (χ1n) is 21.4. The second kappa shape index (κ2) is 20.7. The normalized spacial score (nSPS) is 11.0. The van der Waals surface area contributed by atoms with Gasteiger partial charge in [0.25, 0.3) is 0 Å². The van der Waals surface area contributed by atoms with Crippen molar-refractivity contribution in [2.45, 2.75) is 0 Å². The maximum atomic E-state index is 13.1. The van der Waals surface area contributed by atoms with Gasteiger partial charge in [-0.2, -0.15) is 0 Å². The van der Waals surface area contributed by atoms with E-state index in [0.717, 1.165) is 57.6 Å². The van der Waals surface area contributed by atoms with Gasteiger partial charge in [-0.05, 0) is 94.1 Å². The second-order valence-electron chi connectivity index (χ2n) is 15.6. The zero-order chi connectivity index (χ0) is 49.3. The summed E-state index contributed by atoms with van der Waals surface area (Å²) >= 11 is 0. The minimum Gasteiger partial charge on any atom is -0.478 e. The fraction of sp³-hybridized carbons (Fsp3) is 0. The Hall–Kier alpha value is -9.94. The lowest BCUT2D eigenvalue weighted by molar-refractivity contribution is 0.0649. The number of carboxylic acids is 4. The molecule has 12 heteroatoms. The molecule has 0 unspecified atom stereocenters. The summed E-state index contributed by atoms with van der Waals surface area (Å²) < 4.78 is 12.5. The first-order chi connectivity index (χ1) is 33.8. The van der Waals surface area contributed by atoms with Crippen LogP contribution in [0, 0.1) is 0 Å². The Morgan fingerprint density at radius 3 is 0.957 bits per heavy atom. The van der Waals surface area contributed by atoms with E-state index in [1.54, 1.807) is 109 Å². The minimum absolute atomic E-state index is 0.136. The highest BCUT2D eigenvalue weighted by atomic mass is 16.5. The fourth-order valence-corrected chi connectivity index (χ4v) is 7.63. The van der Waals surface area contributed by atoms with Crippen LogP contribution in [-0.4, -0.2) is 55.9 Å². The van der Waals surface area contributed by atoms with Crippen molar-refractivity contribution in [1.82, 2.24) is 0 Å². The average Bonchev–Trinajstić information content (AvgIpc) is 3.38. The summed E-state index contributed by atoms with van der Waals surface area (Å²) in [5.74, 6) is -7.49. The molecule has 342 valence electrons. The second-order valence-corrected chi connectivity index (χ2v) is 15.6. The fourth-order valence-electron chi connectivity index (χ4n) is 7.63. The van der Waals surface area contributed by atoms with Crippen molar-refractivity contribution in [2.24, 2.45) is 0 Å². The number of hydrogen-bond acceptors (Lipinski definition) is 8. The van der Waals surface area contributed by atoms with Crippen LogP contribution in [0.15, 0.2) is 194 Å². The van der Waals surface area contributed by atoms with E-state index >= 15 is 0 Å². The molecule has 0 aliphatic heterocycles. The van der Waals surface area contributed by atoms with Crippen molar-refractivity contribution in [2.75, 3.05) is 0 Å². The maximum absolute atomic E-state index is 13.1. The smallest absolute Gasteiger partial charge is 0.337 e. The van der Waals surface area contributed by atoms with Gasteiger partial charge >= 0.3 is 23.9 Å². The molecule has 0 bridgehead atoms. The van der Waals surface area contributed by atoms with Gasteiger partial charge in [-0.25, -0.2) is 19.2 Å². The van der Waals surface area contributed by atoms with Gasteiger partial charge in [0.15, 0.2) is 11.6 Å². The quantitative estimate of drug-likeness (QED) is 0.0498. The molecule has 0 aliphatic rings. The third-order valence-corrected chi connectivity index (χ3v) is 11.1. The topological polar surface area (TPSA) is 202 Å². The number of carboxylic acid groups (broad SMARTS) is 4. The molecule has 4 N–H and O–H groups in total. The highest BCUT2D eigenvalue weighted by Crippen LogP contribution is 2.47. The molecule has 0 fully saturated rings. The third-order valence-electron chi connectivity index (χ3n) is 11.1. The van der Waals surface area contributed by atoms with E-state index in [4.69, 9.17) is 9.47 Å². The monoisotopic (exact) mass is 926 g/mol. The summed E-state index contributed by atoms with van der Waals surface area (Å²) in [6.07, 6.45) is 6.41. The van der Waals surface area contributed by atoms with Crippen molar-refractivity contribution in [1.29, 1.82) is 0 Å². The molecule has 70 heavy (non-hydrogen) atoms. The van der Waals surface area contributed by atoms with E-state index in [1.165, 1.54) is 12.2 Å². The summed E-state index contributed by atoms with van der Waals surface area (Å²) in [7, 11) is 0. The van der Waals surface area contributed by atoms with Gasteiger partial charge in [-0.3, -0.25) is 9.59 Å². The Kier molecular flexibility index (Phi) is 13.8. The van der Waals surface area contributed by atoms with Crippen molar-refractivity contribution in [3.05, 3.63) is 239 Å². The number of carbonyl (C=O) groups excluding carboxylic acids is 2. The Balaban J connectivity index is 1.11. The van der Waals surface area contributed by atoms with E-state index in [1.807, 2.05) is 60.7 Å². The van der Waals surface area contributed by atoms with Gasteiger partial charge in [0, 0.05) is 22.3 Å². The lowest BCUT2D eigenvalue weighted by Crippen LogP contribution is -2.15. The molecule has 0 aliphatic carbocycles. The van der Waals surface area contributed by atoms with Crippen molar-refractivity contribution in [3.8, 4) is 56.4 Å². The average molecular weight is 927 g/mol. The van der Waals surface area contributed by atoms with Gasteiger partial charge in [0.2, 0.25) is 0 Å². The van der Waals surface area contributed by atoms with Crippen LogP contribution in [0.3, 0.4) is 0 Å². The number of ether oxygens (including phenoxy) is 2. The number of ketones is 2. The molecule has 0 amide bonds. The highest BCUT2D eigenvalue weighted by Gasteiger charge is 2.33. The Morgan fingerprint density at radius 2 is 0.657 bits per heavy atom. The largest absolute Gasteiger partial charge is 0.478 e. The van der Waals surface area contributed by atoms with Gasteiger partial charge < -0.3 is 29.9 Å². The van der Waals surface area contributed by atoms with Crippen molar-refractivity contribution < 1.29 is 58.7 Å². The summed E-state index contributed by atoms with van der Waals surface area (Å²) in [5, 5.41) is 41.6. The molecule has 0 spiro atoms. The predicted octanol–water partition coefficient (Wildman–Crippen LogP) is 12.9. The lowest BCUT2D eigenvalue weighted by Gasteiger charge is -2.21. The van der Waals surface area contributed by atoms with Gasteiger partial charge in [0.05, 0.1) is 22.3 Å². The van der Waals surface area contributed by atoms with Crippen LogP contribution in [0.4, 0.5) is 0 Å². The van der Waals surface area contributed by atoms with Gasteiger partial charge in [0.1, 0.15) is 23.0 Å². The molecule has 8 rings (SSSR count). The molecule has 0 aromatic heterocycles. The zero-order valence-corrected chi connectivity index (χ0v) is 36.7. The van der Waals surface area contributed by atoms with E-state index in [0.29, 0.717) is 11.1 Å². The molecule has 0 saturated heterocycles. The van der Waals surface area contributed by atoms with Crippen LogP contribution in [0.25, 0.3) is 45.5 Å². The van der Waals surface area contributed by atoms with Gasteiger partial charge in [-0.1, -0.05) is 146 Å². The Labute approximate surface area is 399 Å². The summed E-state index contributed by atoms with van der Waals surface area (Å²) in [6.45, 7) is 0. The number of allylic oxidation sites excluding steroid dienone is 2. The predicted molar refractivity (Wildman–Crippen MR) is 263 cm³/mol. The maximum Gasteiger partial charge on any atom is 0.337 e. The standard InChI is InChI=1S/C58H38O12/c59-47(41-7-3-1-4-8-41)31-15-35-11-17-37(18-12-35)39-21-25-43(26-22-39)69-49-33-29-45(55(61)62)51(57(65)66)53(49)54-50(34-30-46(56(63)64)52(54)58(67)68)70-44-27-23-40(24-28-44)38-19-13-36(14-20-38)16-32-48(60)42-9-5-2-6-10-42/h1-34H,(H,61,62)(H,63,64)(H,65,66)(H,67,68)/b31-15+,32-16+. The lowest BCUT2D eigenvalue weighted by atomic mass is 9.88. The van der Waals surface area contributed by atoms with Gasteiger partial charge in [-0.15, -0.1) is 0 Å². The van der Waals surface area contributed by atoms with Crippen LogP contribution >= 0.6 is 0 Å². The van der Waals surface area contributed by atoms with Crippen LogP contribution in [0.2, 0.25) is 0 Å². The first kappa shape index (κ1) is 46.6. The number of rotatable bonds is 17. The van der Waals surface area contributed by atoms with Crippen LogP contribution in [0.5, 0.6) is 23.0 Å². The first-order valence-corrected chi connectivity index (χ1v) is 21.4. The summed E-state index contributed by atoms with van der Waals surface area (Å²) in [4.78, 5) is 76.4. The number of hydrogen-bond donors (Lipinski definition) is 4. The summed E-state index contributed by atoms with van der Waals surface area (Å²) in [5.41, 5.74) is 1.50. The molecule has 12 nitrogen and oxygen atoms in total. The SMILES string of the molecule is O=C(/C=C/c1ccc(-c2ccc(Oc3ccc(C(=O)O)c(C(=O)O)c3-c3c(Oc4ccc(-c5ccc(/C=C/C(=O)c6ccccc6)cc5)cc4)ccc(C(=O)O)c3C(=O)O)cc2)cc1)c1ccccc1. The highest BCUT2D eigenvalue weighted by molar-refractivity contribution is 6.14. The molecular weight excluding hydrogens is 889 g/mol. The van der Waals surface area contributed by atoms with E-state index in [-0.39, 0.29) is 34.6 Å². The number of carbonyl (C=O) groups is 6. The Morgan fingerprint density at radius 1 is 0.343 bits per heavy atom. The molecule has 0 heterocycles.